The number of para-hydroxylation sites is 2. The number of carbonyl (C=O) groups excluding carboxylic acids is 2. The van der Waals surface area contributed by atoms with Crippen molar-refractivity contribution in [1.29, 1.82) is 0 Å². The fourth-order valence-corrected chi connectivity index (χ4v) is 5.39. The van der Waals surface area contributed by atoms with Gasteiger partial charge in [-0.3, -0.25) is 14.2 Å². The molecule has 2 aromatic heterocycles. The first kappa shape index (κ1) is 26.4. The highest BCUT2D eigenvalue weighted by atomic mass is 32.2. The minimum atomic E-state index is -4.67. The quantitative estimate of drug-likeness (QED) is 0.238. The van der Waals surface area contributed by atoms with Gasteiger partial charge in [0.2, 0.25) is 5.91 Å². The van der Waals surface area contributed by atoms with Crippen LogP contribution < -0.4 is 10.6 Å². The Morgan fingerprint density at radius 1 is 0.923 bits per heavy atom. The summed E-state index contributed by atoms with van der Waals surface area (Å²) in [5, 5.41) is 14.4. The summed E-state index contributed by atoms with van der Waals surface area (Å²) in [5.41, 5.74) is -0.0605. The highest BCUT2D eigenvalue weighted by Gasteiger charge is 2.34. The first-order valence-electron chi connectivity index (χ1n) is 11.5. The number of nitrogens with zero attached hydrogens (tertiary/aromatic N) is 4. The summed E-state index contributed by atoms with van der Waals surface area (Å²) < 4.78 is 42.7. The van der Waals surface area contributed by atoms with Crippen LogP contribution in [0, 0.1) is 0 Å². The fraction of sp³-hybridized carbons (Fsp3) is 0.115. The minimum absolute atomic E-state index is 0.00616. The molecule has 0 fully saturated rings. The number of rotatable bonds is 8. The molecule has 0 atom stereocenters. The minimum Gasteiger partial charge on any atom is -0.345 e. The zero-order valence-electron chi connectivity index (χ0n) is 20.0. The molecule has 5 aromatic rings. The van der Waals surface area contributed by atoms with E-state index < -0.39 is 23.2 Å². The third kappa shape index (κ3) is 6.10. The van der Waals surface area contributed by atoms with Crippen molar-refractivity contribution in [2.45, 2.75) is 17.9 Å². The van der Waals surface area contributed by atoms with Crippen LogP contribution in [0.2, 0.25) is 0 Å². The molecule has 39 heavy (non-hydrogen) atoms. The number of hydrogen-bond donors (Lipinski definition) is 2. The number of fused-ring (bicyclic) bond motifs is 1. The standard InChI is InChI=1S/C26H19F3N6O2S2/c27-26(28,29)18-11-5-4-10-17(18)23(37)30-14-21-33-34-25(35(21)16-8-2-1-3-9-16)38-15-22(36)32-24-31-19-12-6-7-13-20(19)39-24/h1-13H,14-15H2,(H,30,37)(H,31,32,36). The van der Waals surface area contributed by atoms with Crippen molar-refractivity contribution in [1.82, 2.24) is 25.1 Å². The molecular formula is C26H19F3N6O2S2. The van der Waals surface area contributed by atoms with Crippen molar-refractivity contribution in [3.8, 4) is 5.69 Å². The lowest BCUT2D eigenvalue weighted by Crippen LogP contribution is -2.27. The van der Waals surface area contributed by atoms with Gasteiger partial charge in [-0.15, -0.1) is 10.2 Å². The van der Waals surface area contributed by atoms with E-state index in [4.69, 9.17) is 0 Å². The molecule has 0 bridgehead atoms. The Bertz CT molecular complexity index is 1600. The number of aromatic nitrogens is 4. The Morgan fingerprint density at radius 3 is 2.41 bits per heavy atom. The predicted molar refractivity (Wildman–Crippen MR) is 143 cm³/mol. The number of halogens is 3. The molecular weight excluding hydrogens is 549 g/mol. The van der Waals surface area contributed by atoms with E-state index in [0.717, 1.165) is 34.1 Å². The van der Waals surface area contributed by atoms with Crippen LogP contribution in [0.1, 0.15) is 21.7 Å². The highest BCUT2D eigenvalue weighted by molar-refractivity contribution is 7.99. The summed E-state index contributed by atoms with van der Waals surface area (Å²) in [5.74, 6) is -0.894. The van der Waals surface area contributed by atoms with E-state index in [9.17, 15) is 22.8 Å². The van der Waals surface area contributed by atoms with E-state index in [0.29, 0.717) is 16.0 Å². The van der Waals surface area contributed by atoms with E-state index in [1.807, 2.05) is 30.3 Å². The average molecular weight is 569 g/mol. The largest absolute Gasteiger partial charge is 0.417 e. The predicted octanol–water partition coefficient (Wildman–Crippen LogP) is 5.56. The van der Waals surface area contributed by atoms with Gasteiger partial charge in [-0.05, 0) is 36.4 Å². The van der Waals surface area contributed by atoms with Crippen molar-refractivity contribution in [2.75, 3.05) is 11.1 Å². The van der Waals surface area contributed by atoms with Gasteiger partial charge in [0, 0.05) is 5.69 Å². The van der Waals surface area contributed by atoms with Crippen LogP contribution in [0.3, 0.4) is 0 Å². The van der Waals surface area contributed by atoms with Crippen LogP contribution >= 0.6 is 23.1 Å². The summed E-state index contributed by atoms with van der Waals surface area (Å²) in [6, 6.07) is 21.1. The zero-order chi connectivity index (χ0) is 27.4. The molecule has 0 aliphatic carbocycles. The number of nitrogens with one attached hydrogen (secondary N) is 2. The summed E-state index contributed by atoms with van der Waals surface area (Å²) in [7, 11) is 0. The second-order valence-electron chi connectivity index (χ2n) is 8.12. The molecule has 13 heteroatoms. The summed E-state index contributed by atoms with van der Waals surface area (Å²) in [6.07, 6.45) is -4.67. The highest BCUT2D eigenvalue weighted by Crippen LogP contribution is 2.32. The Morgan fingerprint density at radius 2 is 1.64 bits per heavy atom. The Kier molecular flexibility index (Phi) is 7.61. The van der Waals surface area contributed by atoms with Gasteiger partial charge in [0.05, 0.1) is 33.6 Å². The lowest BCUT2D eigenvalue weighted by Gasteiger charge is -2.13. The SMILES string of the molecule is O=C(CSc1nnc(CNC(=O)c2ccccc2C(F)(F)F)n1-c1ccccc1)Nc1nc2ccccc2s1. The van der Waals surface area contributed by atoms with Gasteiger partial charge in [-0.2, -0.15) is 13.2 Å². The van der Waals surface area contributed by atoms with Crippen LogP contribution in [-0.4, -0.2) is 37.3 Å². The lowest BCUT2D eigenvalue weighted by molar-refractivity contribution is -0.138. The first-order valence-corrected chi connectivity index (χ1v) is 13.3. The number of hydrogen-bond acceptors (Lipinski definition) is 7. The third-order valence-corrected chi connectivity index (χ3v) is 7.35. The maximum atomic E-state index is 13.4. The fourth-order valence-electron chi connectivity index (χ4n) is 3.74. The van der Waals surface area contributed by atoms with Gasteiger partial charge in [-0.25, -0.2) is 4.98 Å². The molecule has 0 spiro atoms. The normalized spacial score (nSPS) is 11.5. The monoisotopic (exact) mass is 568 g/mol. The van der Waals surface area contributed by atoms with Gasteiger partial charge in [-0.1, -0.05) is 65.6 Å². The first-order chi connectivity index (χ1) is 18.8. The number of carbonyl (C=O) groups is 2. The summed E-state index contributed by atoms with van der Waals surface area (Å²) in [4.78, 5) is 29.7. The molecule has 3 aromatic carbocycles. The van der Waals surface area contributed by atoms with Gasteiger partial charge >= 0.3 is 6.18 Å². The maximum Gasteiger partial charge on any atom is 0.417 e. The van der Waals surface area contributed by atoms with Crippen molar-refractivity contribution < 1.29 is 22.8 Å². The molecule has 2 N–H and O–H groups in total. The van der Waals surface area contributed by atoms with E-state index in [2.05, 4.69) is 25.8 Å². The van der Waals surface area contributed by atoms with Gasteiger partial charge in [0.25, 0.3) is 5.91 Å². The molecule has 0 aliphatic rings. The van der Waals surface area contributed by atoms with Crippen LogP contribution in [0.5, 0.6) is 0 Å². The molecule has 5 rings (SSSR count). The second-order valence-corrected chi connectivity index (χ2v) is 10.1. The molecule has 2 amide bonds. The van der Waals surface area contributed by atoms with Gasteiger partial charge in [0.1, 0.15) is 0 Å². The topological polar surface area (TPSA) is 102 Å². The van der Waals surface area contributed by atoms with Crippen LogP contribution in [0.25, 0.3) is 15.9 Å². The summed E-state index contributed by atoms with van der Waals surface area (Å²) >= 11 is 2.49. The molecule has 198 valence electrons. The molecule has 8 nitrogen and oxygen atoms in total. The number of anilines is 1. The van der Waals surface area contributed by atoms with Gasteiger partial charge < -0.3 is 10.6 Å². The smallest absolute Gasteiger partial charge is 0.345 e. The Hall–Kier alpha value is -4.23. The molecule has 0 unspecified atom stereocenters. The van der Waals surface area contributed by atoms with E-state index >= 15 is 0 Å². The third-order valence-electron chi connectivity index (χ3n) is 5.47. The Labute approximate surface area is 228 Å². The van der Waals surface area contributed by atoms with Crippen LogP contribution in [-0.2, 0) is 17.5 Å². The molecule has 2 heterocycles. The summed E-state index contributed by atoms with van der Waals surface area (Å²) in [6.45, 7) is -0.189. The number of benzene rings is 3. The number of thiazole rings is 1. The van der Waals surface area contributed by atoms with Gasteiger partial charge in [0.15, 0.2) is 16.1 Å². The van der Waals surface area contributed by atoms with Crippen LogP contribution in [0.4, 0.5) is 18.3 Å². The maximum absolute atomic E-state index is 13.4. The molecule has 0 saturated carbocycles. The van der Waals surface area contributed by atoms with Crippen molar-refractivity contribution >= 4 is 50.3 Å². The van der Waals surface area contributed by atoms with Crippen molar-refractivity contribution in [3.63, 3.8) is 0 Å². The van der Waals surface area contributed by atoms with Crippen LogP contribution in [0.15, 0.2) is 84.0 Å². The lowest BCUT2D eigenvalue weighted by atomic mass is 10.1. The van der Waals surface area contributed by atoms with Crippen molar-refractivity contribution in [3.05, 3.63) is 95.8 Å². The zero-order valence-corrected chi connectivity index (χ0v) is 21.6. The number of alkyl halides is 3. The second kappa shape index (κ2) is 11.3. The average Bonchev–Trinajstić information content (AvgIpc) is 3.53. The van der Waals surface area contributed by atoms with E-state index in [1.54, 1.807) is 28.8 Å². The molecule has 0 aliphatic heterocycles. The molecule has 0 radical (unpaired) electrons. The Balaban J connectivity index is 1.31. The number of thioether (sulfide) groups is 1. The van der Waals surface area contributed by atoms with E-state index in [-0.39, 0.29) is 24.0 Å². The molecule has 0 saturated heterocycles. The number of amides is 2. The van der Waals surface area contributed by atoms with Crippen molar-refractivity contribution in [2.24, 2.45) is 0 Å². The van der Waals surface area contributed by atoms with E-state index in [1.165, 1.54) is 23.5 Å².